The molecule has 1 N–H and O–H groups in total. The minimum absolute atomic E-state index is 0.0579. The Morgan fingerprint density at radius 2 is 1.96 bits per heavy atom. The summed E-state index contributed by atoms with van der Waals surface area (Å²) in [4.78, 5) is 2.36. The molecule has 2 heterocycles. The monoisotopic (exact) mass is 347 g/mol. The lowest BCUT2D eigenvalue weighted by molar-refractivity contribution is -0.0815. The molecule has 0 saturated carbocycles. The number of aliphatic hydroxyl groups excluding tert-OH is 1. The Bertz CT molecular complexity index is 714. The maximum absolute atomic E-state index is 13.2. The van der Waals surface area contributed by atoms with E-state index in [4.69, 9.17) is 9.84 Å². The number of hydrogen-bond acceptors (Lipinski definition) is 4. The third-order valence-corrected chi connectivity index (χ3v) is 4.80. The molecule has 1 aromatic heterocycles. The topological polar surface area (TPSA) is 50.5 Å². The van der Waals surface area contributed by atoms with Crippen LogP contribution in [0.1, 0.15) is 35.5 Å². The Labute approximate surface area is 148 Å². The number of halogens is 1. The van der Waals surface area contributed by atoms with Crippen LogP contribution >= 0.6 is 0 Å². The van der Waals surface area contributed by atoms with Gasteiger partial charge in [-0.2, -0.15) is 5.10 Å². The fourth-order valence-electron chi connectivity index (χ4n) is 3.53. The number of benzene rings is 1. The van der Waals surface area contributed by atoms with E-state index in [-0.39, 0.29) is 24.6 Å². The van der Waals surface area contributed by atoms with Gasteiger partial charge in [0.1, 0.15) is 5.82 Å². The average molecular weight is 347 g/mol. The largest absolute Gasteiger partial charge is 0.394 e. The van der Waals surface area contributed by atoms with Crippen molar-refractivity contribution < 1.29 is 14.2 Å². The number of ether oxygens (including phenoxy) is 1. The molecule has 0 amide bonds. The van der Waals surface area contributed by atoms with Crippen LogP contribution in [0.25, 0.3) is 0 Å². The summed E-state index contributed by atoms with van der Waals surface area (Å²) in [6.07, 6.45) is 0.0503. The molecule has 0 bridgehead atoms. The van der Waals surface area contributed by atoms with E-state index in [1.165, 1.54) is 17.7 Å². The van der Waals surface area contributed by atoms with Crippen molar-refractivity contribution in [3.63, 3.8) is 0 Å². The molecule has 0 aliphatic carbocycles. The lowest BCUT2D eigenvalue weighted by Crippen LogP contribution is -2.42. The van der Waals surface area contributed by atoms with Crippen LogP contribution in [0.15, 0.2) is 24.3 Å². The van der Waals surface area contributed by atoms with E-state index in [1.54, 1.807) is 12.1 Å². The van der Waals surface area contributed by atoms with Crippen molar-refractivity contribution in [2.45, 2.75) is 46.1 Å². The molecule has 3 rings (SSSR count). The second kappa shape index (κ2) is 7.64. The van der Waals surface area contributed by atoms with Crippen molar-refractivity contribution >= 4 is 0 Å². The van der Waals surface area contributed by atoms with E-state index in [9.17, 15) is 4.39 Å². The molecule has 2 unspecified atom stereocenters. The van der Waals surface area contributed by atoms with Gasteiger partial charge in [0.05, 0.1) is 31.1 Å². The first-order valence-electron chi connectivity index (χ1n) is 8.75. The van der Waals surface area contributed by atoms with Crippen molar-refractivity contribution in [3.8, 4) is 0 Å². The SMILES string of the molecule is Cc1nn(CCO)c(C)c1CN1CC(C)OC(c2ccc(F)cc2)C1. The van der Waals surface area contributed by atoms with Crippen LogP contribution in [0.3, 0.4) is 0 Å². The predicted molar refractivity (Wildman–Crippen MR) is 93.8 cm³/mol. The first kappa shape index (κ1) is 18.0. The van der Waals surface area contributed by atoms with Crippen molar-refractivity contribution in [2.75, 3.05) is 19.7 Å². The van der Waals surface area contributed by atoms with Gasteiger partial charge in [0.2, 0.25) is 0 Å². The molecule has 1 fully saturated rings. The summed E-state index contributed by atoms with van der Waals surface area (Å²) in [6, 6.07) is 6.56. The highest BCUT2D eigenvalue weighted by Gasteiger charge is 2.27. The minimum Gasteiger partial charge on any atom is -0.394 e. The van der Waals surface area contributed by atoms with E-state index >= 15 is 0 Å². The minimum atomic E-state index is -0.230. The summed E-state index contributed by atoms with van der Waals surface area (Å²) in [5.41, 5.74) is 4.32. The Morgan fingerprint density at radius 3 is 2.64 bits per heavy atom. The Kier molecular flexibility index (Phi) is 5.51. The molecule has 5 nitrogen and oxygen atoms in total. The van der Waals surface area contributed by atoms with Crippen LogP contribution < -0.4 is 0 Å². The second-order valence-electron chi connectivity index (χ2n) is 6.78. The number of aliphatic hydroxyl groups is 1. The van der Waals surface area contributed by atoms with Gasteiger partial charge in [-0.05, 0) is 38.5 Å². The highest BCUT2D eigenvalue weighted by Crippen LogP contribution is 2.27. The van der Waals surface area contributed by atoms with Gasteiger partial charge in [-0.1, -0.05) is 12.1 Å². The van der Waals surface area contributed by atoms with Gasteiger partial charge >= 0.3 is 0 Å². The highest BCUT2D eigenvalue weighted by molar-refractivity contribution is 5.25. The number of nitrogens with zero attached hydrogens (tertiary/aromatic N) is 3. The molecule has 1 aliphatic heterocycles. The van der Waals surface area contributed by atoms with Crippen molar-refractivity contribution in [1.82, 2.24) is 14.7 Å². The van der Waals surface area contributed by atoms with Crippen molar-refractivity contribution in [3.05, 3.63) is 52.6 Å². The van der Waals surface area contributed by atoms with E-state index in [0.717, 1.165) is 36.6 Å². The zero-order chi connectivity index (χ0) is 18.0. The zero-order valence-electron chi connectivity index (χ0n) is 15.1. The van der Waals surface area contributed by atoms with Gasteiger partial charge < -0.3 is 9.84 Å². The smallest absolute Gasteiger partial charge is 0.123 e. The molecule has 1 aromatic carbocycles. The maximum atomic E-state index is 13.2. The van der Waals surface area contributed by atoms with Gasteiger partial charge in [0, 0.05) is 30.9 Å². The van der Waals surface area contributed by atoms with Crippen LogP contribution in [-0.2, 0) is 17.8 Å². The molecular weight excluding hydrogens is 321 g/mol. The Balaban J connectivity index is 1.75. The van der Waals surface area contributed by atoms with Gasteiger partial charge in [-0.25, -0.2) is 4.39 Å². The molecule has 2 atom stereocenters. The third kappa shape index (κ3) is 4.08. The Hall–Kier alpha value is -1.76. The van der Waals surface area contributed by atoms with E-state index < -0.39 is 0 Å². The van der Waals surface area contributed by atoms with Crippen molar-refractivity contribution in [2.24, 2.45) is 0 Å². The molecule has 0 radical (unpaired) electrons. The molecule has 1 aliphatic rings. The molecule has 136 valence electrons. The van der Waals surface area contributed by atoms with Crippen LogP contribution in [0.5, 0.6) is 0 Å². The molecule has 2 aromatic rings. The van der Waals surface area contributed by atoms with Gasteiger partial charge in [-0.3, -0.25) is 9.58 Å². The predicted octanol–water partition coefficient (Wildman–Crippen LogP) is 2.59. The molecule has 0 spiro atoms. The first-order chi connectivity index (χ1) is 12.0. The standard InChI is InChI=1S/C19H26FN3O2/c1-13-10-22(11-18-14(2)21-23(8-9-24)15(18)3)12-19(25-13)16-4-6-17(20)7-5-16/h4-7,13,19,24H,8-12H2,1-3H3. The molecule has 1 saturated heterocycles. The van der Waals surface area contributed by atoms with E-state index in [1.807, 2.05) is 18.5 Å². The quantitative estimate of drug-likeness (QED) is 0.903. The normalized spacial score (nSPS) is 21.6. The van der Waals surface area contributed by atoms with Gasteiger partial charge in [-0.15, -0.1) is 0 Å². The first-order valence-corrected chi connectivity index (χ1v) is 8.75. The van der Waals surface area contributed by atoms with E-state index in [0.29, 0.717) is 6.54 Å². The number of rotatable bonds is 5. The average Bonchev–Trinajstić information content (AvgIpc) is 2.83. The summed E-state index contributed by atoms with van der Waals surface area (Å²) in [7, 11) is 0. The Morgan fingerprint density at radius 1 is 1.24 bits per heavy atom. The molecular formula is C19H26FN3O2. The van der Waals surface area contributed by atoms with Crippen LogP contribution in [0.2, 0.25) is 0 Å². The zero-order valence-corrected chi connectivity index (χ0v) is 15.1. The number of hydrogen-bond donors (Lipinski definition) is 1. The van der Waals surface area contributed by atoms with Gasteiger partial charge in [0.15, 0.2) is 0 Å². The van der Waals surface area contributed by atoms with Gasteiger partial charge in [0.25, 0.3) is 0 Å². The molecule has 25 heavy (non-hydrogen) atoms. The second-order valence-corrected chi connectivity index (χ2v) is 6.78. The summed E-state index contributed by atoms with van der Waals surface area (Å²) < 4.78 is 21.1. The summed E-state index contributed by atoms with van der Waals surface area (Å²) >= 11 is 0. The van der Waals surface area contributed by atoms with Crippen LogP contribution in [0.4, 0.5) is 4.39 Å². The third-order valence-electron chi connectivity index (χ3n) is 4.80. The van der Waals surface area contributed by atoms with Crippen molar-refractivity contribution in [1.29, 1.82) is 0 Å². The number of aryl methyl sites for hydroxylation is 1. The van der Waals surface area contributed by atoms with Crippen LogP contribution in [-0.4, -0.2) is 45.6 Å². The van der Waals surface area contributed by atoms with E-state index in [2.05, 4.69) is 16.9 Å². The van der Waals surface area contributed by atoms with Crippen LogP contribution in [0, 0.1) is 19.7 Å². The summed E-state index contributed by atoms with van der Waals surface area (Å²) in [6.45, 7) is 9.14. The fourth-order valence-corrected chi connectivity index (χ4v) is 3.53. The fraction of sp³-hybridized carbons (Fsp3) is 0.526. The number of aromatic nitrogens is 2. The number of morpholine rings is 1. The highest BCUT2D eigenvalue weighted by atomic mass is 19.1. The maximum Gasteiger partial charge on any atom is 0.123 e. The lowest BCUT2D eigenvalue weighted by Gasteiger charge is -2.37. The molecule has 6 heteroatoms. The summed E-state index contributed by atoms with van der Waals surface area (Å²) in [5.74, 6) is -0.230. The summed E-state index contributed by atoms with van der Waals surface area (Å²) in [5, 5.41) is 13.7. The lowest BCUT2D eigenvalue weighted by atomic mass is 10.1.